The molecule has 0 saturated carbocycles. The summed E-state index contributed by atoms with van der Waals surface area (Å²) in [6.45, 7) is 5.75. The lowest BCUT2D eigenvalue weighted by Crippen LogP contribution is -2.03. The van der Waals surface area contributed by atoms with E-state index >= 15 is 0 Å². The first-order valence-electron chi connectivity index (χ1n) is 4.96. The van der Waals surface area contributed by atoms with E-state index in [2.05, 4.69) is 41.3 Å². The van der Waals surface area contributed by atoms with Crippen LogP contribution < -0.4 is 0 Å². The second-order valence-corrected chi connectivity index (χ2v) is 6.22. The maximum absolute atomic E-state index is 10.9. The van der Waals surface area contributed by atoms with Crippen molar-refractivity contribution in [1.29, 1.82) is 0 Å². The molecule has 0 aliphatic rings. The van der Waals surface area contributed by atoms with Gasteiger partial charge in [0.2, 0.25) is 5.01 Å². The molecule has 0 fully saturated rings. The van der Waals surface area contributed by atoms with Gasteiger partial charge in [-0.1, -0.05) is 14.9 Å². The van der Waals surface area contributed by atoms with Crippen LogP contribution in [0.15, 0.2) is 0 Å². The Morgan fingerprint density at radius 1 is 1.15 bits per heavy atom. The number of nitrogens with zero attached hydrogens (tertiary/aromatic N) is 4. The Hall–Kier alpha value is -0.680. The lowest BCUT2D eigenvalue weighted by atomic mass is 10.6. The Labute approximate surface area is 141 Å². The third-order valence-corrected chi connectivity index (χ3v) is 3.70. The van der Waals surface area contributed by atoms with E-state index < -0.39 is 5.97 Å². The smallest absolute Gasteiger partial charge is 0.369 e. The fourth-order valence-corrected chi connectivity index (χ4v) is 2.48. The van der Waals surface area contributed by atoms with Crippen molar-refractivity contribution >= 4 is 51.6 Å². The number of ether oxygens (including phenoxy) is 1. The number of carbonyl (C=O) groups excluding carboxylic acids is 1. The third kappa shape index (κ3) is 7.80. The first-order chi connectivity index (χ1) is 8.52. The molecule has 0 saturated heterocycles. The number of aryl methyl sites for hydroxylation is 2. The van der Waals surface area contributed by atoms with E-state index in [-0.39, 0.29) is 14.9 Å². The predicted molar refractivity (Wildman–Crippen MR) is 91.4 cm³/mol. The molecule has 2 rings (SSSR count). The highest BCUT2D eigenvalue weighted by Crippen LogP contribution is 2.05. The second kappa shape index (κ2) is 11.0. The summed E-state index contributed by atoms with van der Waals surface area (Å²) in [7, 11) is 0. The van der Waals surface area contributed by atoms with Gasteiger partial charge in [-0.3, -0.25) is 0 Å². The van der Waals surface area contributed by atoms with Crippen LogP contribution in [0.2, 0.25) is 0 Å². The number of hydrogen-bond acceptors (Lipinski definition) is 8. The highest BCUT2D eigenvalue weighted by Gasteiger charge is 2.10. The topological polar surface area (TPSA) is 77.9 Å². The first-order valence-corrected chi connectivity index (χ1v) is 7.58. The number of esters is 1. The van der Waals surface area contributed by atoms with Gasteiger partial charge >= 0.3 is 5.97 Å². The molecule has 0 spiro atoms. The van der Waals surface area contributed by atoms with Gasteiger partial charge in [-0.25, -0.2) is 14.8 Å². The molecule has 0 amide bonds. The molecule has 0 bridgehead atoms. The normalized spacial score (nSPS) is 8.60. The van der Waals surface area contributed by atoms with Gasteiger partial charge in [0.15, 0.2) is 3.01 Å². The first kappa shape index (κ1) is 21.6. The van der Waals surface area contributed by atoms with Crippen LogP contribution in [-0.4, -0.2) is 31.3 Å². The van der Waals surface area contributed by atoms with Gasteiger partial charge in [-0.15, -0.1) is 0 Å². The molecule has 0 aliphatic heterocycles. The quantitative estimate of drug-likeness (QED) is 0.534. The number of aromatic nitrogens is 4. The Morgan fingerprint density at radius 2 is 1.70 bits per heavy atom. The number of carbonyl (C=O) groups is 1. The highest BCUT2D eigenvalue weighted by atomic mass is 127. The molecule has 2 aromatic heterocycles. The van der Waals surface area contributed by atoms with Crippen LogP contribution in [0.5, 0.6) is 0 Å². The van der Waals surface area contributed by atoms with E-state index in [0.717, 1.165) is 20.4 Å². The van der Waals surface area contributed by atoms with Crippen molar-refractivity contribution in [3.8, 4) is 0 Å². The van der Waals surface area contributed by atoms with E-state index in [1.807, 2.05) is 6.92 Å². The zero-order valence-electron chi connectivity index (χ0n) is 10.0. The van der Waals surface area contributed by atoms with Crippen molar-refractivity contribution in [2.45, 2.75) is 35.6 Å². The minimum absolute atomic E-state index is 0. The van der Waals surface area contributed by atoms with E-state index in [1.165, 1.54) is 11.5 Å². The van der Waals surface area contributed by atoms with Gasteiger partial charge in [0.25, 0.3) is 0 Å². The molecule has 9 heteroatoms. The van der Waals surface area contributed by atoms with Crippen molar-refractivity contribution in [2.75, 3.05) is 6.61 Å². The molecule has 0 N–H and O–H groups in total. The fourth-order valence-electron chi connectivity index (χ4n) is 0.845. The van der Waals surface area contributed by atoms with Crippen molar-refractivity contribution in [2.24, 2.45) is 0 Å². The van der Waals surface area contributed by atoms with Crippen molar-refractivity contribution in [3.63, 3.8) is 0 Å². The Kier molecular flexibility index (Phi) is 11.9. The van der Waals surface area contributed by atoms with Gasteiger partial charge in [-0.2, -0.15) is 8.75 Å². The summed E-state index contributed by atoms with van der Waals surface area (Å²) in [5.41, 5.74) is 0. The highest BCUT2D eigenvalue weighted by molar-refractivity contribution is 14.1. The third-order valence-electron chi connectivity index (χ3n) is 1.48. The maximum atomic E-state index is 10.9. The Bertz CT molecular complexity index is 500. The average molecular weight is 430 g/mol. The molecule has 0 unspecified atom stereocenters. The monoisotopic (exact) mass is 430 g/mol. The van der Waals surface area contributed by atoms with E-state index in [4.69, 9.17) is 4.74 Å². The summed E-state index contributed by atoms with van der Waals surface area (Å²) in [6, 6.07) is 0. The molecule has 114 valence electrons. The minimum atomic E-state index is -0.391. The lowest BCUT2D eigenvalue weighted by Gasteiger charge is -1.94. The summed E-state index contributed by atoms with van der Waals surface area (Å²) in [4.78, 5) is 18.8. The zero-order chi connectivity index (χ0) is 13.5. The summed E-state index contributed by atoms with van der Waals surface area (Å²) >= 11 is 4.64. The summed E-state index contributed by atoms with van der Waals surface area (Å²) < 4.78 is 13.5. The van der Waals surface area contributed by atoms with Crippen LogP contribution in [0.1, 0.15) is 43.2 Å². The molecule has 0 aromatic carbocycles. The molecule has 20 heavy (non-hydrogen) atoms. The number of halogens is 1. The van der Waals surface area contributed by atoms with Gasteiger partial charge in [-0.05, 0) is 66.4 Å². The SMILES string of the molecule is C.C.CCOC(=O)c1nc(C)ns1.Cc1nsc(I)n1. The Balaban J connectivity index is 0. The predicted octanol–water partition coefficient (Wildman–Crippen LogP) is 3.75. The van der Waals surface area contributed by atoms with Crippen LogP contribution in [0, 0.1) is 16.9 Å². The van der Waals surface area contributed by atoms with Crippen LogP contribution in [0.3, 0.4) is 0 Å². The number of hydrogen-bond donors (Lipinski definition) is 0. The van der Waals surface area contributed by atoms with Crippen LogP contribution in [0.4, 0.5) is 0 Å². The number of rotatable bonds is 2. The standard InChI is InChI=1S/C6H8N2O2S.C3H3IN2S.2CH4/c1-3-10-6(9)5-7-4(2)8-11-5;1-2-5-3(4)7-6-2;;/h3H2,1-2H3;1H3;2*1H4. The molecule has 2 aromatic rings. The minimum Gasteiger partial charge on any atom is -0.461 e. The average Bonchev–Trinajstić information content (AvgIpc) is 2.89. The van der Waals surface area contributed by atoms with Crippen molar-refractivity contribution in [1.82, 2.24) is 18.7 Å². The largest absolute Gasteiger partial charge is 0.461 e. The van der Waals surface area contributed by atoms with Gasteiger partial charge in [0, 0.05) is 0 Å². The molecule has 2 heterocycles. The van der Waals surface area contributed by atoms with Crippen molar-refractivity contribution < 1.29 is 9.53 Å². The Morgan fingerprint density at radius 3 is 2.00 bits per heavy atom. The zero-order valence-corrected chi connectivity index (χ0v) is 13.8. The molecular formula is C11H19IN4O2S2. The van der Waals surface area contributed by atoms with Crippen LogP contribution in [-0.2, 0) is 4.74 Å². The van der Waals surface area contributed by atoms with E-state index in [0.29, 0.717) is 17.4 Å². The summed E-state index contributed by atoms with van der Waals surface area (Å²) in [5.74, 6) is 1.09. The van der Waals surface area contributed by atoms with E-state index in [1.54, 1.807) is 13.8 Å². The molecule has 0 aliphatic carbocycles. The maximum Gasteiger partial charge on any atom is 0.369 e. The van der Waals surface area contributed by atoms with Gasteiger partial charge in [0.1, 0.15) is 11.6 Å². The van der Waals surface area contributed by atoms with Gasteiger partial charge in [0.05, 0.1) is 6.61 Å². The van der Waals surface area contributed by atoms with Gasteiger partial charge < -0.3 is 4.74 Å². The van der Waals surface area contributed by atoms with Crippen LogP contribution in [0.25, 0.3) is 0 Å². The molecule has 0 radical (unpaired) electrons. The summed E-state index contributed by atoms with van der Waals surface area (Å²) in [6.07, 6.45) is 0. The van der Waals surface area contributed by atoms with Crippen LogP contribution >= 0.6 is 45.7 Å². The van der Waals surface area contributed by atoms with Crippen molar-refractivity contribution in [3.05, 3.63) is 19.7 Å². The molecular weight excluding hydrogens is 411 g/mol. The second-order valence-electron chi connectivity index (χ2n) is 2.96. The molecule has 6 nitrogen and oxygen atoms in total. The summed E-state index contributed by atoms with van der Waals surface area (Å²) in [5, 5.41) is 0.323. The fraction of sp³-hybridized carbons (Fsp3) is 0.545. The molecule has 0 atom stereocenters. The van der Waals surface area contributed by atoms with E-state index in [9.17, 15) is 4.79 Å². The lowest BCUT2D eigenvalue weighted by molar-refractivity contribution is 0.0525.